The van der Waals surface area contributed by atoms with E-state index < -0.39 is 0 Å². The Labute approximate surface area is 127 Å². The average molecular weight is 304 g/mol. The molecule has 0 spiro atoms. The van der Waals surface area contributed by atoms with Crippen LogP contribution in [0.5, 0.6) is 0 Å². The van der Waals surface area contributed by atoms with Crippen molar-refractivity contribution in [1.29, 1.82) is 0 Å². The molecule has 0 unspecified atom stereocenters. The van der Waals surface area contributed by atoms with Crippen molar-refractivity contribution in [3.8, 4) is 0 Å². The van der Waals surface area contributed by atoms with Gasteiger partial charge in [-0.3, -0.25) is 4.79 Å². The Morgan fingerprint density at radius 2 is 2.00 bits per heavy atom. The maximum Gasteiger partial charge on any atom is 0.302 e. The van der Waals surface area contributed by atoms with Crippen LogP contribution in [0.25, 0.3) is 0 Å². The molecule has 116 valence electrons. The summed E-state index contributed by atoms with van der Waals surface area (Å²) in [5.41, 5.74) is 1.50. The zero-order valence-corrected chi connectivity index (χ0v) is 12.4. The molecule has 0 fully saturated rings. The van der Waals surface area contributed by atoms with E-state index in [1.807, 2.05) is 6.92 Å². The monoisotopic (exact) mass is 304 g/mol. The Hall–Kier alpha value is -2.70. The predicted molar refractivity (Wildman–Crippen MR) is 81.6 cm³/mol. The first-order valence-corrected chi connectivity index (χ1v) is 6.78. The van der Waals surface area contributed by atoms with E-state index in [0.29, 0.717) is 18.3 Å². The van der Waals surface area contributed by atoms with Gasteiger partial charge >= 0.3 is 5.97 Å². The molecule has 0 radical (unpaired) electrons. The van der Waals surface area contributed by atoms with Gasteiger partial charge < -0.3 is 15.4 Å². The summed E-state index contributed by atoms with van der Waals surface area (Å²) in [6.07, 6.45) is 0. The zero-order chi connectivity index (χ0) is 15.9. The second kappa shape index (κ2) is 7.35. The van der Waals surface area contributed by atoms with Crippen LogP contribution in [0.1, 0.15) is 12.6 Å². The maximum atomic E-state index is 12.9. The molecule has 1 aromatic heterocycles. The Bertz CT molecular complexity index is 646. The summed E-state index contributed by atoms with van der Waals surface area (Å²) < 4.78 is 17.7. The molecule has 0 saturated heterocycles. The fourth-order valence-electron chi connectivity index (χ4n) is 1.75. The number of halogens is 1. The minimum atomic E-state index is -0.328. The lowest BCUT2D eigenvalue weighted by atomic mass is 10.3. The van der Waals surface area contributed by atoms with Gasteiger partial charge in [0.2, 0.25) is 5.95 Å². The number of hydrogen-bond donors (Lipinski definition) is 2. The molecular formula is C15H17FN4O2. The minimum absolute atomic E-state index is 0.243. The van der Waals surface area contributed by atoms with Gasteiger partial charge in [0.05, 0.1) is 6.54 Å². The number of ether oxygens (including phenoxy) is 1. The third kappa shape index (κ3) is 5.01. The van der Waals surface area contributed by atoms with Gasteiger partial charge in [-0.25, -0.2) is 9.37 Å². The fraction of sp³-hybridized carbons (Fsp3) is 0.267. The second-order valence-corrected chi connectivity index (χ2v) is 4.62. The molecule has 0 aliphatic carbocycles. The van der Waals surface area contributed by atoms with Gasteiger partial charge in [-0.15, -0.1) is 0 Å². The van der Waals surface area contributed by atoms with Crippen LogP contribution in [0.3, 0.4) is 0 Å². The van der Waals surface area contributed by atoms with Crippen molar-refractivity contribution in [3.05, 3.63) is 41.8 Å². The Balaban J connectivity index is 2.00. The molecule has 0 atom stereocenters. The van der Waals surface area contributed by atoms with Gasteiger partial charge in [0.1, 0.15) is 18.2 Å². The summed E-state index contributed by atoms with van der Waals surface area (Å²) in [7, 11) is 0. The highest BCUT2D eigenvalue weighted by atomic mass is 19.1. The average Bonchev–Trinajstić information content (AvgIpc) is 2.45. The number of carbonyl (C=O) groups is 1. The predicted octanol–water partition coefficient (Wildman–Crippen LogP) is 2.64. The van der Waals surface area contributed by atoms with E-state index in [2.05, 4.69) is 20.6 Å². The minimum Gasteiger partial charge on any atom is -0.464 e. The van der Waals surface area contributed by atoms with Crippen molar-refractivity contribution in [2.24, 2.45) is 0 Å². The topological polar surface area (TPSA) is 76.1 Å². The molecule has 0 saturated carbocycles. The summed E-state index contributed by atoms with van der Waals surface area (Å²) in [5.74, 6) is 0.397. The number of carbonyl (C=O) groups excluding carboxylic acids is 1. The Kier molecular flexibility index (Phi) is 5.24. The summed E-state index contributed by atoms with van der Waals surface area (Å²) in [6, 6.07) is 7.77. The molecule has 0 bridgehead atoms. The van der Waals surface area contributed by atoms with Gasteiger partial charge in [-0.1, -0.05) is 0 Å². The number of esters is 1. The van der Waals surface area contributed by atoms with Crippen LogP contribution in [0.2, 0.25) is 0 Å². The van der Waals surface area contributed by atoms with Crippen LogP contribution >= 0.6 is 0 Å². The first-order chi connectivity index (χ1) is 10.5. The van der Waals surface area contributed by atoms with Gasteiger partial charge in [0, 0.05) is 24.4 Å². The number of rotatable bonds is 6. The third-order valence-electron chi connectivity index (χ3n) is 2.66. The SMILES string of the molecule is CC(=O)OCCNc1nc(C)cc(Nc2ccc(F)cc2)n1. The van der Waals surface area contributed by atoms with Crippen molar-refractivity contribution >= 4 is 23.4 Å². The van der Waals surface area contributed by atoms with E-state index >= 15 is 0 Å². The van der Waals surface area contributed by atoms with Crippen LogP contribution < -0.4 is 10.6 Å². The van der Waals surface area contributed by atoms with Crippen molar-refractivity contribution < 1.29 is 13.9 Å². The van der Waals surface area contributed by atoms with Gasteiger partial charge in [0.25, 0.3) is 0 Å². The number of nitrogens with zero attached hydrogens (tertiary/aromatic N) is 2. The van der Waals surface area contributed by atoms with Crippen molar-refractivity contribution in [1.82, 2.24) is 9.97 Å². The normalized spacial score (nSPS) is 10.1. The van der Waals surface area contributed by atoms with Crippen molar-refractivity contribution in [3.63, 3.8) is 0 Å². The molecule has 2 N–H and O–H groups in total. The van der Waals surface area contributed by atoms with Crippen LogP contribution in [0.15, 0.2) is 30.3 Å². The van der Waals surface area contributed by atoms with Gasteiger partial charge in [0.15, 0.2) is 0 Å². The number of hydrogen-bond acceptors (Lipinski definition) is 6. The molecule has 0 aliphatic heterocycles. The smallest absolute Gasteiger partial charge is 0.302 e. The summed E-state index contributed by atoms with van der Waals surface area (Å²) >= 11 is 0. The van der Waals surface area contributed by atoms with Crippen LogP contribution in [-0.4, -0.2) is 29.1 Å². The Morgan fingerprint density at radius 3 is 2.68 bits per heavy atom. The van der Waals surface area contributed by atoms with Crippen LogP contribution in [-0.2, 0) is 9.53 Å². The van der Waals surface area contributed by atoms with Crippen LogP contribution in [0.4, 0.5) is 21.8 Å². The highest BCUT2D eigenvalue weighted by Crippen LogP contribution is 2.17. The molecular weight excluding hydrogens is 287 g/mol. The lowest BCUT2D eigenvalue weighted by molar-refractivity contribution is -0.140. The van der Waals surface area contributed by atoms with E-state index in [9.17, 15) is 9.18 Å². The summed E-state index contributed by atoms with van der Waals surface area (Å²) in [4.78, 5) is 19.2. The van der Waals surface area contributed by atoms with E-state index in [-0.39, 0.29) is 18.4 Å². The largest absolute Gasteiger partial charge is 0.464 e. The highest BCUT2D eigenvalue weighted by molar-refractivity contribution is 5.65. The summed E-state index contributed by atoms with van der Waals surface area (Å²) in [5, 5.41) is 6.05. The first-order valence-electron chi connectivity index (χ1n) is 6.78. The van der Waals surface area contributed by atoms with Gasteiger partial charge in [-0.2, -0.15) is 4.98 Å². The second-order valence-electron chi connectivity index (χ2n) is 4.62. The van der Waals surface area contributed by atoms with Gasteiger partial charge in [-0.05, 0) is 31.2 Å². The molecule has 2 rings (SSSR count). The molecule has 0 aliphatic rings. The number of aromatic nitrogens is 2. The number of anilines is 3. The lowest BCUT2D eigenvalue weighted by Crippen LogP contribution is -2.14. The van der Waals surface area contributed by atoms with E-state index in [1.165, 1.54) is 19.1 Å². The first kappa shape index (κ1) is 15.7. The number of nitrogens with one attached hydrogen (secondary N) is 2. The molecule has 1 aromatic carbocycles. The Morgan fingerprint density at radius 1 is 1.27 bits per heavy atom. The highest BCUT2D eigenvalue weighted by Gasteiger charge is 2.03. The van der Waals surface area contributed by atoms with E-state index in [1.54, 1.807) is 18.2 Å². The van der Waals surface area contributed by atoms with E-state index in [0.717, 1.165) is 11.4 Å². The molecule has 1 heterocycles. The zero-order valence-electron chi connectivity index (χ0n) is 12.4. The number of benzene rings is 1. The quantitative estimate of drug-likeness (QED) is 0.631. The van der Waals surface area contributed by atoms with Crippen LogP contribution in [0, 0.1) is 12.7 Å². The van der Waals surface area contributed by atoms with E-state index in [4.69, 9.17) is 4.74 Å². The molecule has 22 heavy (non-hydrogen) atoms. The lowest BCUT2D eigenvalue weighted by Gasteiger charge is -2.10. The standard InChI is InChI=1S/C15H17FN4O2/c1-10-9-14(19-13-5-3-12(16)4-6-13)20-15(18-10)17-7-8-22-11(2)21/h3-6,9H,7-8H2,1-2H3,(H2,17,18,19,20). The molecule has 7 heteroatoms. The van der Waals surface area contributed by atoms with Crippen molar-refractivity contribution in [2.45, 2.75) is 13.8 Å². The third-order valence-corrected chi connectivity index (χ3v) is 2.66. The van der Waals surface area contributed by atoms with Crippen molar-refractivity contribution in [2.75, 3.05) is 23.8 Å². The molecule has 0 amide bonds. The number of aryl methyl sites for hydroxylation is 1. The summed E-state index contributed by atoms with van der Waals surface area (Å²) in [6.45, 7) is 3.86. The molecule has 2 aromatic rings. The maximum absolute atomic E-state index is 12.9. The molecule has 6 nitrogen and oxygen atoms in total. The fourth-order valence-corrected chi connectivity index (χ4v) is 1.75.